The number of fused-ring (bicyclic) bond motifs is 1. The zero-order chi connectivity index (χ0) is 14.1. The summed E-state index contributed by atoms with van der Waals surface area (Å²) in [6.45, 7) is 3.25. The fraction of sp³-hybridized carbons (Fsp3) is 0.438. The molecule has 3 nitrogen and oxygen atoms in total. The zero-order valence-corrected chi connectivity index (χ0v) is 11.7. The monoisotopic (exact) mass is 274 g/mol. The van der Waals surface area contributed by atoms with Crippen molar-refractivity contribution in [2.45, 2.75) is 32.7 Å². The molecule has 1 amide bonds. The molecule has 0 radical (unpaired) electrons. The van der Waals surface area contributed by atoms with E-state index in [1.807, 2.05) is 28.8 Å². The van der Waals surface area contributed by atoms with Crippen molar-refractivity contribution in [3.05, 3.63) is 42.0 Å². The summed E-state index contributed by atoms with van der Waals surface area (Å²) in [6.07, 6.45) is 4.62. The highest BCUT2D eigenvalue weighted by Gasteiger charge is 2.30. The van der Waals surface area contributed by atoms with E-state index in [0.717, 1.165) is 24.9 Å². The van der Waals surface area contributed by atoms with Gasteiger partial charge in [-0.2, -0.15) is 0 Å². The molecule has 2 aromatic rings. The third kappa shape index (κ3) is 2.30. The Bertz CT molecular complexity index is 634. The van der Waals surface area contributed by atoms with Gasteiger partial charge in [-0.3, -0.25) is 4.79 Å². The van der Waals surface area contributed by atoms with E-state index in [4.69, 9.17) is 0 Å². The SMILES string of the molecule is CCCC1CC(=O)N(Cc2c(F)cc3ccccn23)C1. The van der Waals surface area contributed by atoms with Crippen LogP contribution in [-0.2, 0) is 11.3 Å². The van der Waals surface area contributed by atoms with Gasteiger partial charge >= 0.3 is 0 Å². The second-order valence-corrected chi connectivity index (χ2v) is 5.57. The predicted octanol–water partition coefficient (Wildman–Crippen LogP) is 3.23. The Kier molecular flexibility index (Phi) is 3.47. The Morgan fingerprint density at radius 3 is 3.05 bits per heavy atom. The minimum absolute atomic E-state index is 0.147. The van der Waals surface area contributed by atoms with Crippen molar-refractivity contribution in [2.24, 2.45) is 5.92 Å². The van der Waals surface area contributed by atoms with E-state index in [2.05, 4.69) is 6.92 Å². The molecule has 0 bridgehead atoms. The van der Waals surface area contributed by atoms with Gasteiger partial charge < -0.3 is 9.30 Å². The van der Waals surface area contributed by atoms with Gasteiger partial charge in [0.05, 0.1) is 12.2 Å². The second-order valence-electron chi connectivity index (χ2n) is 5.57. The smallest absolute Gasteiger partial charge is 0.223 e. The largest absolute Gasteiger partial charge is 0.336 e. The number of carbonyl (C=O) groups excluding carboxylic acids is 1. The summed E-state index contributed by atoms with van der Waals surface area (Å²) in [7, 11) is 0. The first-order valence-corrected chi connectivity index (χ1v) is 7.21. The van der Waals surface area contributed by atoms with Gasteiger partial charge in [0.15, 0.2) is 0 Å². The van der Waals surface area contributed by atoms with Crippen molar-refractivity contribution < 1.29 is 9.18 Å². The molecule has 20 heavy (non-hydrogen) atoms. The summed E-state index contributed by atoms with van der Waals surface area (Å²) in [5, 5.41) is 0. The lowest BCUT2D eigenvalue weighted by atomic mass is 10.0. The van der Waals surface area contributed by atoms with Crippen LogP contribution in [0.5, 0.6) is 0 Å². The predicted molar refractivity (Wildman–Crippen MR) is 75.8 cm³/mol. The highest BCUT2D eigenvalue weighted by molar-refractivity contribution is 5.78. The lowest BCUT2D eigenvalue weighted by molar-refractivity contribution is -0.128. The number of nitrogens with zero attached hydrogens (tertiary/aromatic N) is 2. The average Bonchev–Trinajstić information content (AvgIpc) is 2.92. The normalized spacial score (nSPS) is 19.2. The van der Waals surface area contributed by atoms with Gasteiger partial charge in [-0.1, -0.05) is 19.4 Å². The lowest BCUT2D eigenvalue weighted by Crippen LogP contribution is -2.25. The molecule has 3 heterocycles. The highest BCUT2D eigenvalue weighted by atomic mass is 19.1. The molecule has 0 N–H and O–H groups in total. The number of amides is 1. The Labute approximate surface area is 118 Å². The minimum Gasteiger partial charge on any atom is -0.336 e. The molecule has 2 aromatic heterocycles. The summed E-state index contributed by atoms with van der Waals surface area (Å²) in [4.78, 5) is 13.8. The number of rotatable bonds is 4. The maximum atomic E-state index is 14.1. The molecule has 0 saturated carbocycles. The Morgan fingerprint density at radius 2 is 2.25 bits per heavy atom. The van der Waals surface area contributed by atoms with Crippen LogP contribution in [0.15, 0.2) is 30.5 Å². The van der Waals surface area contributed by atoms with E-state index in [-0.39, 0.29) is 11.7 Å². The first-order chi connectivity index (χ1) is 9.69. The number of carbonyl (C=O) groups is 1. The molecule has 106 valence electrons. The van der Waals surface area contributed by atoms with Crippen LogP contribution in [0.1, 0.15) is 31.9 Å². The van der Waals surface area contributed by atoms with Crippen LogP contribution in [0.2, 0.25) is 0 Å². The third-order valence-electron chi connectivity index (χ3n) is 4.06. The van der Waals surface area contributed by atoms with Crippen molar-refractivity contribution in [3.63, 3.8) is 0 Å². The fourth-order valence-electron chi connectivity index (χ4n) is 3.09. The zero-order valence-electron chi connectivity index (χ0n) is 11.7. The summed E-state index contributed by atoms with van der Waals surface area (Å²) in [5.74, 6) is 0.346. The minimum atomic E-state index is -0.233. The van der Waals surface area contributed by atoms with E-state index in [1.165, 1.54) is 6.07 Å². The molecule has 0 aliphatic carbocycles. The number of likely N-dealkylation sites (tertiary alicyclic amines) is 1. The van der Waals surface area contributed by atoms with E-state index >= 15 is 0 Å². The van der Waals surface area contributed by atoms with Gasteiger partial charge in [0.1, 0.15) is 5.82 Å². The van der Waals surface area contributed by atoms with Gasteiger partial charge in [-0.05, 0) is 30.5 Å². The summed E-state index contributed by atoms with van der Waals surface area (Å²) < 4.78 is 15.9. The van der Waals surface area contributed by atoms with Crippen LogP contribution in [0.3, 0.4) is 0 Å². The molecule has 1 unspecified atom stereocenters. The van der Waals surface area contributed by atoms with Crippen LogP contribution >= 0.6 is 0 Å². The molecule has 1 atom stereocenters. The Balaban J connectivity index is 1.83. The fourth-order valence-corrected chi connectivity index (χ4v) is 3.09. The molecule has 1 aliphatic heterocycles. The molecule has 3 rings (SSSR count). The highest BCUT2D eigenvalue weighted by Crippen LogP contribution is 2.25. The third-order valence-corrected chi connectivity index (χ3v) is 4.06. The number of halogens is 1. The van der Waals surface area contributed by atoms with E-state index in [0.29, 0.717) is 24.6 Å². The molecule has 4 heteroatoms. The summed E-state index contributed by atoms with van der Waals surface area (Å²) >= 11 is 0. The second kappa shape index (κ2) is 5.27. The van der Waals surface area contributed by atoms with Crippen LogP contribution in [0, 0.1) is 11.7 Å². The lowest BCUT2D eigenvalue weighted by Gasteiger charge is -2.16. The van der Waals surface area contributed by atoms with E-state index in [1.54, 1.807) is 4.90 Å². The first kappa shape index (κ1) is 13.2. The van der Waals surface area contributed by atoms with E-state index in [9.17, 15) is 9.18 Å². The van der Waals surface area contributed by atoms with Gasteiger partial charge in [0.25, 0.3) is 0 Å². The number of pyridine rings is 1. The van der Waals surface area contributed by atoms with Crippen molar-refractivity contribution in [1.29, 1.82) is 0 Å². The summed E-state index contributed by atoms with van der Waals surface area (Å²) in [5.41, 5.74) is 1.41. The molecule has 0 spiro atoms. The molecular formula is C16H19FN2O. The van der Waals surface area contributed by atoms with Crippen molar-refractivity contribution in [1.82, 2.24) is 9.30 Å². The molecule has 1 aliphatic rings. The number of aromatic nitrogens is 1. The topological polar surface area (TPSA) is 24.7 Å². The molecule has 1 fully saturated rings. The molecule has 0 aromatic carbocycles. The van der Waals surface area contributed by atoms with Gasteiger partial charge in [-0.15, -0.1) is 0 Å². The van der Waals surface area contributed by atoms with Gasteiger partial charge in [-0.25, -0.2) is 4.39 Å². The average molecular weight is 274 g/mol. The van der Waals surface area contributed by atoms with Crippen LogP contribution < -0.4 is 0 Å². The van der Waals surface area contributed by atoms with Crippen LogP contribution in [0.25, 0.3) is 5.52 Å². The quantitative estimate of drug-likeness (QED) is 0.840. The van der Waals surface area contributed by atoms with Crippen LogP contribution in [-0.4, -0.2) is 21.8 Å². The van der Waals surface area contributed by atoms with Gasteiger partial charge in [0.2, 0.25) is 5.91 Å². The van der Waals surface area contributed by atoms with Gasteiger partial charge in [0, 0.05) is 24.7 Å². The first-order valence-electron chi connectivity index (χ1n) is 7.21. The van der Waals surface area contributed by atoms with Crippen molar-refractivity contribution in [2.75, 3.05) is 6.54 Å². The maximum absolute atomic E-state index is 14.1. The van der Waals surface area contributed by atoms with Crippen molar-refractivity contribution in [3.8, 4) is 0 Å². The summed E-state index contributed by atoms with van der Waals surface area (Å²) in [6, 6.07) is 7.16. The van der Waals surface area contributed by atoms with Crippen LogP contribution in [0.4, 0.5) is 4.39 Å². The Morgan fingerprint density at radius 1 is 1.40 bits per heavy atom. The number of hydrogen-bond acceptors (Lipinski definition) is 1. The van der Waals surface area contributed by atoms with E-state index < -0.39 is 0 Å². The van der Waals surface area contributed by atoms with Crippen molar-refractivity contribution >= 4 is 11.4 Å². The molecule has 1 saturated heterocycles. The maximum Gasteiger partial charge on any atom is 0.223 e. The molecular weight excluding hydrogens is 255 g/mol. The Hall–Kier alpha value is -1.84. The number of hydrogen-bond donors (Lipinski definition) is 0. The standard InChI is InChI=1S/C16H19FN2O/c1-2-5-12-8-16(20)18(10-12)11-15-14(17)9-13-6-3-4-7-19(13)15/h3-4,6-7,9,12H,2,5,8,10-11H2,1H3.